The SMILES string of the molecule is CC1=CC(=O)/C(=C\c2c(O)cc(CO)n2CCC(=O)N[C@@H](Cc2cnc[nH]2)C(=O)O)N1CCC(=O)N[C@@H](Cc1cnc[nH]1)C(=O)O. The van der Waals surface area contributed by atoms with Crippen molar-refractivity contribution in [1.29, 1.82) is 0 Å². The molecule has 244 valence electrons. The zero-order chi connectivity index (χ0) is 33.4. The van der Waals surface area contributed by atoms with Crippen LogP contribution in [0.15, 0.2) is 48.6 Å². The Morgan fingerprint density at radius 3 is 1.96 bits per heavy atom. The van der Waals surface area contributed by atoms with Gasteiger partial charge in [-0.05, 0) is 13.0 Å². The molecule has 3 aromatic heterocycles. The summed E-state index contributed by atoms with van der Waals surface area (Å²) in [6.45, 7) is 1.08. The predicted octanol–water partition coefficient (Wildman–Crippen LogP) is -0.334. The number of nitrogens with zero attached hydrogens (tertiary/aromatic N) is 4. The average molecular weight is 639 g/mol. The maximum absolute atomic E-state index is 12.9. The van der Waals surface area contributed by atoms with Gasteiger partial charge in [0.05, 0.1) is 30.7 Å². The van der Waals surface area contributed by atoms with E-state index < -0.39 is 48.2 Å². The Labute approximate surface area is 261 Å². The molecule has 0 aromatic carbocycles. The van der Waals surface area contributed by atoms with Crippen LogP contribution in [-0.2, 0) is 50.0 Å². The van der Waals surface area contributed by atoms with Gasteiger partial charge < -0.3 is 50.5 Å². The van der Waals surface area contributed by atoms with Crippen LogP contribution < -0.4 is 10.6 Å². The third-order valence-corrected chi connectivity index (χ3v) is 7.30. The van der Waals surface area contributed by atoms with Gasteiger partial charge >= 0.3 is 11.9 Å². The molecule has 0 aliphatic carbocycles. The van der Waals surface area contributed by atoms with Crippen molar-refractivity contribution < 1.29 is 44.4 Å². The molecule has 0 saturated carbocycles. The standard InChI is InChI=1S/C29H34N8O9/c1-16-6-24(39)22(36(16)4-2-26(41)34-20(28(43)44)7-17-11-30-14-32-17)10-23-25(40)9-19(13-38)37(23)5-3-27(42)35-21(29(45)46)8-18-12-31-15-33-18/h6,9-12,14-15,20-21,38,40H,2-5,7-8,13H2,1H3,(H,30,32)(H,31,33)(H,34,41)(H,35,42)(H,43,44)(H,45,46)/b22-10+/t20-,21-/m0/s1. The lowest BCUT2D eigenvalue weighted by molar-refractivity contribution is -0.142. The van der Waals surface area contributed by atoms with E-state index in [-0.39, 0.29) is 61.6 Å². The van der Waals surface area contributed by atoms with Crippen LogP contribution in [-0.4, -0.2) is 98.0 Å². The van der Waals surface area contributed by atoms with Crippen LogP contribution in [0.1, 0.15) is 42.5 Å². The van der Waals surface area contributed by atoms with E-state index in [1.807, 2.05) is 0 Å². The summed E-state index contributed by atoms with van der Waals surface area (Å²) in [7, 11) is 0. The molecule has 0 saturated heterocycles. The molecule has 46 heavy (non-hydrogen) atoms. The molecule has 4 rings (SSSR count). The highest BCUT2D eigenvalue weighted by Crippen LogP contribution is 2.30. The number of allylic oxidation sites excluding steroid dienone is 2. The summed E-state index contributed by atoms with van der Waals surface area (Å²) >= 11 is 0. The largest absolute Gasteiger partial charge is 0.506 e. The number of hydrogen-bond donors (Lipinski definition) is 8. The number of carbonyl (C=O) groups is 5. The zero-order valence-corrected chi connectivity index (χ0v) is 24.8. The lowest BCUT2D eigenvalue weighted by atomic mass is 10.1. The molecule has 1 aliphatic heterocycles. The summed E-state index contributed by atoms with van der Waals surface area (Å²) in [6.07, 6.45) is 8.00. The number of amides is 2. The molecule has 2 atom stereocenters. The number of carboxylic acids is 2. The van der Waals surface area contributed by atoms with E-state index in [2.05, 4.69) is 30.6 Å². The van der Waals surface area contributed by atoms with E-state index >= 15 is 0 Å². The fourth-order valence-electron chi connectivity index (χ4n) is 4.98. The molecule has 0 bridgehead atoms. The second-order valence-electron chi connectivity index (χ2n) is 10.5. The fraction of sp³-hybridized carbons (Fsp3) is 0.345. The summed E-state index contributed by atoms with van der Waals surface area (Å²) in [5.41, 5.74) is 2.00. The summed E-state index contributed by atoms with van der Waals surface area (Å²) in [4.78, 5) is 76.5. The van der Waals surface area contributed by atoms with E-state index in [0.29, 0.717) is 17.1 Å². The summed E-state index contributed by atoms with van der Waals surface area (Å²) in [6, 6.07) is -1.14. The van der Waals surface area contributed by atoms with Crippen molar-refractivity contribution in [3.63, 3.8) is 0 Å². The minimum Gasteiger partial charge on any atom is -0.506 e. The molecule has 17 nitrogen and oxygen atoms in total. The summed E-state index contributed by atoms with van der Waals surface area (Å²) < 4.78 is 1.44. The molecular weight excluding hydrogens is 604 g/mol. The highest BCUT2D eigenvalue weighted by Gasteiger charge is 2.28. The maximum atomic E-state index is 12.9. The second kappa shape index (κ2) is 14.8. The van der Waals surface area contributed by atoms with Crippen LogP contribution in [0.3, 0.4) is 0 Å². The highest BCUT2D eigenvalue weighted by molar-refractivity contribution is 6.09. The first-order chi connectivity index (χ1) is 22.0. The number of aromatic nitrogens is 5. The number of hydrogen-bond acceptors (Lipinski definition) is 10. The second-order valence-corrected chi connectivity index (χ2v) is 10.5. The molecule has 4 heterocycles. The molecule has 0 radical (unpaired) electrons. The van der Waals surface area contributed by atoms with Crippen molar-refractivity contribution in [2.75, 3.05) is 6.54 Å². The molecule has 8 N–H and O–H groups in total. The van der Waals surface area contributed by atoms with Gasteiger partial charge in [-0.1, -0.05) is 0 Å². The Hall–Kier alpha value is -5.71. The average Bonchev–Trinajstić information content (AvgIpc) is 3.80. The molecule has 2 amide bonds. The first-order valence-electron chi connectivity index (χ1n) is 14.2. The quantitative estimate of drug-likeness (QED) is 0.0938. The number of aliphatic hydroxyl groups excluding tert-OH is 1. The van der Waals surface area contributed by atoms with Crippen molar-refractivity contribution in [3.8, 4) is 5.75 Å². The molecule has 0 spiro atoms. The lowest BCUT2D eigenvalue weighted by Gasteiger charge is -2.22. The topological polar surface area (TPSA) is 256 Å². The van der Waals surface area contributed by atoms with Crippen LogP contribution in [0, 0.1) is 0 Å². The number of nitrogens with one attached hydrogen (secondary N) is 4. The van der Waals surface area contributed by atoms with Crippen molar-refractivity contribution in [2.24, 2.45) is 0 Å². The number of aliphatic carboxylic acids is 2. The molecule has 3 aromatic rings. The van der Waals surface area contributed by atoms with Crippen molar-refractivity contribution >= 4 is 35.6 Å². The number of aromatic hydroxyl groups is 1. The van der Waals surface area contributed by atoms with Gasteiger partial charge in [-0.2, -0.15) is 0 Å². The molecule has 0 unspecified atom stereocenters. The summed E-state index contributed by atoms with van der Waals surface area (Å²) in [5.74, 6) is -4.33. The van der Waals surface area contributed by atoms with E-state index in [9.17, 15) is 44.4 Å². The van der Waals surface area contributed by atoms with Gasteiger partial charge in [0.2, 0.25) is 17.6 Å². The minimum absolute atomic E-state index is 0.00392. The molecular formula is C29H34N8O9. The van der Waals surface area contributed by atoms with Crippen LogP contribution in [0.25, 0.3) is 6.08 Å². The Morgan fingerprint density at radius 1 is 0.935 bits per heavy atom. The first-order valence-corrected chi connectivity index (χ1v) is 14.2. The number of aliphatic hydroxyl groups is 1. The Balaban J connectivity index is 1.45. The van der Waals surface area contributed by atoms with Crippen LogP contribution in [0.2, 0.25) is 0 Å². The van der Waals surface area contributed by atoms with Gasteiger partial charge in [-0.25, -0.2) is 19.6 Å². The van der Waals surface area contributed by atoms with Gasteiger partial charge in [-0.3, -0.25) is 14.4 Å². The number of carboxylic acid groups (broad SMARTS) is 2. The van der Waals surface area contributed by atoms with E-state index in [1.54, 1.807) is 11.8 Å². The van der Waals surface area contributed by atoms with Gasteiger partial charge in [0.25, 0.3) is 0 Å². The monoisotopic (exact) mass is 638 g/mol. The lowest BCUT2D eigenvalue weighted by Crippen LogP contribution is -2.43. The van der Waals surface area contributed by atoms with Gasteiger partial charge in [-0.15, -0.1) is 0 Å². The Kier molecular flexibility index (Phi) is 10.7. The number of carbonyl (C=O) groups excluding carboxylic acids is 3. The normalized spacial score (nSPS) is 15.1. The number of aromatic amines is 2. The number of rotatable bonds is 16. The third kappa shape index (κ3) is 8.26. The van der Waals surface area contributed by atoms with Crippen molar-refractivity contribution in [3.05, 3.63) is 71.4 Å². The first kappa shape index (κ1) is 33.2. The van der Waals surface area contributed by atoms with Crippen LogP contribution in [0.5, 0.6) is 5.75 Å². The number of ketones is 1. The van der Waals surface area contributed by atoms with Gasteiger partial charge in [0.1, 0.15) is 17.8 Å². The van der Waals surface area contributed by atoms with Crippen molar-refractivity contribution in [2.45, 2.75) is 57.8 Å². The zero-order valence-electron chi connectivity index (χ0n) is 24.8. The van der Waals surface area contributed by atoms with Gasteiger partial charge in [0.15, 0.2) is 0 Å². The number of H-pyrrole nitrogens is 2. The smallest absolute Gasteiger partial charge is 0.326 e. The predicted molar refractivity (Wildman–Crippen MR) is 158 cm³/mol. The molecule has 17 heteroatoms. The highest BCUT2D eigenvalue weighted by atomic mass is 16.4. The Morgan fingerprint density at radius 2 is 1.48 bits per heavy atom. The number of imidazole rings is 2. The molecule has 0 fully saturated rings. The van der Waals surface area contributed by atoms with E-state index in [1.165, 1.54) is 47.8 Å². The van der Waals surface area contributed by atoms with Crippen molar-refractivity contribution in [1.82, 2.24) is 40.0 Å². The van der Waals surface area contributed by atoms with Crippen LogP contribution in [0.4, 0.5) is 0 Å². The van der Waals surface area contributed by atoms with E-state index in [0.717, 1.165) is 0 Å². The van der Waals surface area contributed by atoms with E-state index in [4.69, 9.17) is 0 Å². The molecule has 1 aliphatic rings. The summed E-state index contributed by atoms with van der Waals surface area (Å²) in [5, 5.41) is 44.6. The fourth-order valence-corrected chi connectivity index (χ4v) is 4.98. The Bertz CT molecular complexity index is 1640. The van der Waals surface area contributed by atoms with Crippen LogP contribution >= 0.6 is 0 Å². The van der Waals surface area contributed by atoms with Gasteiger partial charge in [0, 0.05) is 86.1 Å². The minimum atomic E-state index is -1.24. The third-order valence-electron chi connectivity index (χ3n) is 7.30. The maximum Gasteiger partial charge on any atom is 0.326 e.